The second-order valence-electron chi connectivity index (χ2n) is 5.37. The summed E-state index contributed by atoms with van der Waals surface area (Å²) in [5.74, 6) is 0. The van der Waals surface area contributed by atoms with Crippen molar-refractivity contribution in [3.05, 3.63) is 0 Å². The van der Waals surface area contributed by atoms with Crippen LogP contribution in [-0.4, -0.2) is 24.0 Å². The average molecular weight is 208 g/mol. The lowest BCUT2D eigenvalue weighted by molar-refractivity contribution is 0.230. The van der Waals surface area contributed by atoms with Gasteiger partial charge in [0, 0.05) is 6.04 Å². The number of hydrogen-bond donors (Lipinski definition) is 0. The largest absolute Gasteiger partial charge is 0.300 e. The van der Waals surface area contributed by atoms with Gasteiger partial charge in [-0.25, -0.2) is 0 Å². The van der Waals surface area contributed by atoms with Crippen LogP contribution in [0.1, 0.15) is 52.9 Å². The Labute approximate surface area is 94.3 Å². The van der Waals surface area contributed by atoms with E-state index in [-0.39, 0.29) is 5.41 Å². The number of rotatable bonds is 7. The summed E-state index contributed by atoms with van der Waals surface area (Å²) < 4.78 is 0. The van der Waals surface area contributed by atoms with Gasteiger partial charge in [0.15, 0.2) is 0 Å². The minimum atomic E-state index is -0.153. The molecule has 0 atom stereocenters. The highest BCUT2D eigenvalue weighted by molar-refractivity contribution is 4.93. The van der Waals surface area contributed by atoms with Crippen molar-refractivity contribution in [2.45, 2.75) is 58.9 Å². The lowest BCUT2D eigenvalue weighted by Crippen LogP contribution is -2.30. The molecule has 0 aromatic heterocycles. The van der Waals surface area contributed by atoms with E-state index in [0.717, 1.165) is 19.0 Å². The molecular weight excluding hydrogens is 184 g/mol. The van der Waals surface area contributed by atoms with Gasteiger partial charge in [-0.2, -0.15) is 5.26 Å². The van der Waals surface area contributed by atoms with E-state index in [9.17, 15) is 0 Å². The van der Waals surface area contributed by atoms with Crippen molar-refractivity contribution in [3.8, 4) is 6.07 Å². The molecule has 2 nitrogen and oxygen atoms in total. The van der Waals surface area contributed by atoms with E-state index in [1.54, 1.807) is 0 Å². The van der Waals surface area contributed by atoms with E-state index in [2.05, 4.69) is 17.9 Å². The Bertz CT molecular complexity index is 223. The van der Waals surface area contributed by atoms with Gasteiger partial charge in [-0.3, -0.25) is 0 Å². The standard InChI is InChI=1S/C13H24N2/c1-4-5-9-15(12-6-7-12)10-8-13(2,3)11-14/h12H,4-10H2,1-3H3. The Balaban J connectivity index is 2.29. The van der Waals surface area contributed by atoms with Gasteiger partial charge < -0.3 is 4.90 Å². The molecule has 15 heavy (non-hydrogen) atoms. The molecule has 2 heteroatoms. The monoisotopic (exact) mass is 208 g/mol. The lowest BCUT2D eigenvalue weighted by atomic mass is 9.91. The van der Waals surface area contributed by atoms with Crippen molar-refractivity contribution in [3.63, 3.8) is 0 Å². The second kappa shape index (κ2) is 5.51. The Kier molecular flexibility index (Phi) is 4.60. The molecule has 0 amide bonds. The highest BCUT2D eigenvalue weighted by atomic mass is 15.2. The molecule has 0 aliphatic heterocycles. The summed E-state index contributed by atoms with van der Waals surface area (Å²) in [5, 5.41) is 8.97. The second-order valence-corrected chi connectivity index (χ2v) is 5.37. The van der Waals surface area contributed by atoms with Crippen LogP contribution in [-0.2, 0) is 0 Å². The predicted octanol–water partition coefficient (Wildman–Crippen LogP) is 3.19. The Morgan fingerprint density at radius 2 is 2.00 bits per heavy atom. The van der Waals surface area contributed by atoms with Crippen molar-refractivity contribution in [2.24, 2.45) is 5.41 Å². The first-order chi connectivity index (χ1) is 7.09. The predicted molar refractivity (Wildman–Crippen MR) is 63.5 cm³/mol. The zero-order valence-corrected chi connectivity index (χ0v) is 10.4. The van der Waals surface area contributed by atoms with Gasteiger partial charge in [0.25, 0.3) is 0 Å². The van der Waals surface area contributed by atoms with Crippen LogP contribution < -0.4 is 0 Å². The van der Waals surface area contributed by atoms with Crippen LogP contribution >= 0.6 is 0 Å². The Hall–Kier alpha value is -0.550. The van der Waals surface area contributed by atoms with E-state index in [1.807, 2.05) is 13.8 Å². The van der Waals surface area contributed by atoms with Crippen molar-refractivity contribution in [1.29, 1.82) is 5.26 Å². The molecule has 1 aliphatic rings. The van der Waals surface area contributed by atoms with Crippen LogP contribution in [0.5, 0.6) is 0 Å². The highest BCUT2D eigenvalue weighted by Gasteiger charge is 2.29. The quantitative estimate of drug-likeness (QED) is 0.642. The highest BCUT2D eigenvalue weighted by Crippen LogP contribution is 2.29. The van der Waals surface area contributed by atoms with Gasteiger partial charge >= 0.3 is 0 Å². The molecule has 1 rings (SSSR count). The van der Waals surface area contributed by atoms with Crippen molar-refractivity contribution >= 4 is 0 Å². The zero-order valence-electron chi connectivity index (χ0n) is 10.4. The van der Waals surface area contributed by atoms with E-state index < -0.39 is 0 Å². The van der Waals surface area contributed by atoms with Crippen LogP contribution in [0.2, 0.25) is 0 Å². The van der Waals surface area contributed by atoms with E-state index >= 15 is 0 Å². The molecule has 0 unspecified atom stereocenters. The van der Waals surface area contributed by atoms with Gasteiger partial charge in [-0.15, -0.1) is 0 Å². The molecule has 0 heterocycles. The van der Waals surface area contributed by atoms with Crippen LogP contribution in [0.3, 0.4) is 0 Å². The summed E-state index contributed by atoms with van der Waals surface area (Å²) in [6.45, 7) is 8.65. The van der Waals surface area contributed by atoms with Crippen LogP contribution in [0, 0.1) is 16.7 Å². The van der Waals surface area contributed by atoms with E-state index in [4.69, 9.17) is 5.26 Å². The molecule has 0 bridgehead atoms. The maximum absolute atomic E-state index is 8.97. The summed E-state index contributed by atoms with van der Waals surface area (Å²) in [6.07, 6.45) is 6.31. The van der Waals surface area contributed by atoms with Gasteiger partial charge in [-0.1, -0.05) is 13.3 Å². The molecule has 0 aromatic carbocycles. The molecule has 1 fully saturated rings. The van der Waals surface area contributed by atoms with Gasteiger partial charge in [-0.05, 0) is 52.6 Å². The van der Waals surface area contributed by atoms with Crippen LogP contribution in [0.25, 0.3) is 0 Å². The fourth-order valence-corrected chi connectivity index (χ4v) is 1.76. The van der Waals surface area contributed by atoms with Gasteiger partial charge in [0.2, 0.25) is 0 Å². The molecular formula is C13H24N2. The third-order valence-corrected chi connectivity index (χ3v) is 3.19. The molecule has 0 N–H and O–H groups in total. The number of nitriles is 1. The third-order valence-electron chi connectivity index (χ3n) is 3.19. The first kappa shape index (κ1) is 12.5. The van der Waals surface area contributed by atoms with E-state index in [1.165, 1.54) is 32.2 Å². The molecule has 1 saturated carbocycles. The topological polar surface area (TPSA) is 27.0 Å². The smallest absolute Gasteiger partial charge is 0.0684 e. The normalized spacial score (nSPS) is 16.7. The number of hydrogen-bond acceptors (Lipinski definition) is 2. The summed E-state index contributed by atoms with van der Waals surface area (Å²) in [6, 6.07) is 3.22. The first-order valence-corrected chi connectivity index (χ1v) is 6.24. The van der Waals surface area contributed by atoms with Crippen molar-refractivity contribution in [1.82, 2.24) is 4.90 Å². The zero-order chi connectivity index (χ0) is 11.3. The average Bonchev–Trinajstić information content (AvgIpc) is 3.02. The Morgan fingerprint density at radius 3 is 2.47 bits per heavy atom. The minimum Gasteiger partial charge on any atom is -0.300 e. The summed E-state index contributed by atoms with van der Waals surface area (Å²) in [5.41, 5.74) is -0.153. The van der Waals surface area contributed by atoms with Crippen LogP contribution in [0.15, 0.2) is 0 Å². The fourth-order valence-electron chi connectivity index (χ4n) is 1.76. The molecule has 86 valence electrons. The fraction of sp³-hybridized carbons (Fsp3) is 0.923. The molecule has 1 aliphatic carbocycles. The Morgan fingerprint density at radius 1 is 1.33 bits per heavy atom. The maximum atomic E-state index is 8.97. The maximum Gasteiger partial charge on any atom is 0.0684 e. The van der Waals surface area contributed by atoms with Crippen molar-refractivity contribution < 1.29 is 0 Å². The molecule has 0 radical (unpaired) electrons. The van der Waals surface area contributed by atoms with E-state index in [0.29, 0.717) is 0 Å². The van der Waals surface area contributed by atoms with Crippen LogP contribution in [0.4, 0.5) is 0 Å². The molecule has 0 saturated heterocycles. The number of unbranched alkanes of at least 4 members (excludes halogenated alkanes) is 1. The summed E-state index contributed by atoms with van der Waals surface area (Å²) in [4.78, 5) is 2.59. The number of nitrogens with zero attached hydrogens (tertiary/aromatic N) is 2. The minimum absolute atomic E-state index is 0.153. The summed E-state index contributed by atoms with van der Waals surface area (Å²) in [7, 11) is 0. The first-order valence-electron chi connectivity index (χ1n) is 6.24. The van der Waals surface area contributed by atoms with Gasteiger partial charge in [0.05, 0.1) is 11.5 Å². The van der Waals surface area contributed by atoms with Gasteiger partial charge in [0.1, 0.15) is 0 Å². The lowest BCUT2D eigenvalue weighted by Gasteiger charge is -2.25. The summed E-state index contributed by atoms with van der Waals surface area (Å²) >= 11 is 0. The molecule has 0 spiro atoms. The molecule has 0 aromatic rings. The SMILES string of the molecule is CCCCN(CCC(C)(C)C#N)C1CC1. The third kappa shape index (κ3) is 4.66. The van der Waals surface area contributed by atoms with Crippen molar-refractivity contribution in [2.75, 3.05) is 13.1 Å².